The van der Waals surface area contributed by atoms with Crippen LogP contribution in [0.2, 0.25) is 0 Å². The van der Waals surface area contributed by atoms with E-state index in [2.05, 4.69) is 9.97 Å². The third-order valence-corrected chi connectivity index (χ3v) is 2.88. The van der Waals surface area contributed by atoms with Crippen molar-refractivity contribution >= 4 is 23.3 Å². The van der Waals surface area contributed by atoms with Crippen LogP contribution in [-0.2, 0) is 0 Å². The molecular weight excluding hydrogens is 256 g/mol. The summed E-state index contributed by atoms with van der Waals surface area (Å²) in [5.41, 5.74) is 1.48. The van der Waals surface area contributed by atoms with Gasteiger partial charge >= 0.3 is 5.97 Å². The maximum Gasteiger partial charge on any atom is 0.344 e. The van der Waals surface area contributed by atoms with Crippen LogP contribution in [0.15, 0.2) is 48.7 Å². The molecule has 0 unspecified atom stereocenters. The molecule has 0 amide bonds. The van der Waals surface area contributed by atoms with E-state index >= 15 is 0 Å². The number of hydrogen-bond acceptors (Lipinski definition) is 4. The summed E-state index contributed by atoms with van der Waals surface area (Å²) < 4.78 is 5.19. The molecule has 0 spiro atoms. The molecule has 0 saturated heterocycles. The molecule has 0 aliphatic rings. The lowest BCUT2D eigenvalue weighted by molar-refractivity contribution is 0.0728. The van der Waals surface area contributed by atoms with Crippen LogP contribution >= 0.6 is 0 Å². The minimum absolute atomic E-state index is 0.186. The highest BCUT2D eigenvalue weighted by Gasteiger charge is 2.10. The minimum Gasteiger partial charge on any atom is -0.404 e. The van der Waals surface area contributed by atoms with Crippen molar-refractivity contribution in [3.05, 3.63) is 59.8 Å². The van der Waals surface area contributed by atoms with Gasteiger partial charge in [-0.3, -0.25) is 4.79 Å². The Hall–Kier alpha value is -2.95. The lowest BCUT2D eigenvalue weighted by Crippen LogP contribution is -2.09. The molecule has 98 valence electrons. The first-order valence-corrected chi connectivity index (χ1v) is 5.98. The smallest absolute Gasteiger partial charge is 0.344 e. The highest BCUT2D eigenvalue weighted by molar-refractivity contribution is 5.96. The van der Waals surface area contributed by atoms with Crippen LogP contribution in [-0.4, -0.2) is 22.2 Å². The molecule has 0 radical (unpaired) electrons. The number of ether oxygens (including phenoxy) is 1. The van der Waals surface area contributed by atoms with Crippen molar-refractivity contribution in [3.8, 4) is 5.88 Å². The summed E-state index contributed by atoms with van der Waals surface area (Å²) in [5.74, 6) is -0.287. The van der Waals surface area contributed by atoms with Gasteiger partial charge in [0, 0.05) is 23.2 Å². The lowest BCUT2D eigenvalue weighted by Gasteiger charge is -2.03. The second-order valence-corrected chi connectivity index (χ2v) is 4.16. The monoisotopic (exact) mass is 266 g/mol. The zero-order chi connectivity index (χ0) is 13.9. The first kappa shape index (κ1) is 12.1. The maximum atomic E-state index is 11.9. The van der Waals surface area contributed by atoms with Crippen LogP contribution in [0.25, 0.3) is 11.0 Å². The van der Waals surface area contributed by atoms with Gasteiger partial charge in [-0.05, 0) is 18.2 Å². The number of rotatable bonds is 3. The number of hydrogen-bond donors (Lipinski definition) is 1. The Balaban J connectivity index is 1.88. The van der Waals surface area contributed by atoms with Crippen molar-refractivity contribution in [2.24, 2.45) is 0 Å². The molecule has 3 aromatic rings. The van der Waals surface area contributed by atoms with E-state index in [-0.39, 0.29) is 5.88 Å². The Morgan fingerprint density at radius 3 is 2.70 bits per heavy atom. The molecule has 0 atom stereocenters. The summed E-state index contributed by atoms with van der Waals surface area (Å²) in [6, 6.07) is 11.9. The van der Waals surface area contributed by atoms with Crippen LogP contribution in [0.3, 0.4) is 0 Å². The van der Waals surface area contributed by atoms with E-state index < -0.39 is 5.97 Å². The summed E-state index contributed by atoms with van der Waals surface area (Å²) >= 11 is 0. The lowest BCUT2D eigenvalue weighted by atomic mass is 10.2. The van der Waals surface area contributed by atoms with Crippen molar-refractivity contribution in [3.63, 3.8) is 0 Å². The van der Waals surface area contributed by atoms with E-state index in [9.17, 15) is 9.59 Å². The molecule has 1 aromatic carbocycles. The van der Waals surface area contributed by atoms with Gasteiger partial charge in [-0.25, -0.2) is 4.79 Å². The number of pyridine rings is 1. The number of nitrogens with one attached hydrogen (secondary N) is 1. The van der Waals surface area contributed by atoms with Gasteiger partial charge in [0.1, 0.15) is 5.65 Å². The molecule has 20 heavy (non-hydrogen) atoms. The van der Waals surface area contributed by atoms with Crippen LogP contribution in [0.5, 0.6) is 5.88 Å². The minimum atomic E-state index is -0.473. The Kier molecular flexibility index (Phi) is 3.01. The highest BCUT2D eigenvalue weighted by Crippen LogP contribution is 2.19. The van der Waals surface area contributed by atoms with E-state index in [1.54, 1.807) is 42.6 Å². The van der Waals surface area contributed by atoms with Crippen molar-refractivity contribution < 1.29 is 14.3 Å². The molecule has 0 aliphatic carbocycles. The van der Waals surface area contributed by atoms with Crippen molar-refractivity contribution in [2.75, 3.05) is 0 Å². The largest absolute Gasteiger partial charge is 0.404 e. The van der Waals surface area contributed by atoms with E-state index in [0.29, 0.717) is 22.2 Å². The first-order chi connectivity index (χ1) is 9.78. The normalized spacial score (nSPS) is 10.4. The fourth-order valence-electron chi connectivity index (χ4n) is 1.89. The van der Waals surface area contributed by atoms with Gasteiger partial charge < -0.3 is 9.72 Å². The topological polar surface area (TPSA) is 72.1 Å². The Bertz CT molecular complexity index is 778. The molecule has 3 rings (SSSR count). The average Bonchev–Trinajstić information content (AvgIpc) is 2.90. The SMILES string of the molecule is O=Cc1c[nH]c2nc(OC(=O)c3ccccc3)ccc12. The van der Waals surface area contributed by atoms with Crippen LogP contribution < -0.4 is 4.74 Å². The van der Waals surface area contributed by atoms with E-state index in [1.165, 1.54) is 0 Å². The molecule has 2 heterocycles. The van der Waals surface area contributed by atoms with E-state index in [4.69, 9.17) is 4.74 Å². The van der Waals surface area contributed by atoms with Gasteiger partial charge in [-0.15, -0.1) is 0 Å². The fraction of sp³-hybridized carbons (Fsp3) is 0. The summed E-state index contributed by atoms with van der Waals surface area (Å²) in [7, 11) is 0. The molecule has 0 saturated carbocycles. The van der Waals surface area contributed by atoms with E-state index in [1.807, 2.05) is 6.07 Å². The number of carbonyl (C=O) groups excluding carboxylic acids is 2. The quantitative estimate of drug-likeness (QED) is 0.584. The maximum absolute atomic E-state index is 11.9. The Morgan fingerprint density at radius 2 is 1.95 bits per heavy atom. The van der Waals surface area contributed by atoms with Gasteiger partial charge in [0.2, 0.25) is 5.88 Å². The van der Waals surface area contributed by atoms with Crippen LogP contribution in [0, 0.1) is 0 Å². The number of aromatic amines is 1. The predicted molar refractivity (Wildman–Crippen MR) is 72.9 cm³/mol. The Morgan fingerprint density at radius 1 is 1.15 bits per heavy atom. The number of benzene rings is 1. The standard InChI is InChI=1S/C15H10N2O3/c18-9-11-8-16-14-12(11)6-7-13(17-14)20-15(19)10-4-2-1-3-5-10/h1-9H,(H,16,17). The second kappa shape index (κ2) is 4.97. The molecule has 5 nitrogen and oxygen atoms in total. The van der Waals surface area contributed by atoms with Gasteiger partial charge in [-0.1, -0.05) is 18.2 Å². The van der Waals surface area contributed by atoms with Crippen molar-refractivity contribution in [1.29, 1.82) is 0 Å². The third-order valence-electron chi connectivity index (χ3n) is 2.88. The fourth-order valence-corrected chi connectivity index (χ4v) is 1.89. The number of aldehydes is 1. The van der Waals surface area contributed by atoms with E-state index in [0.717, 1.165) is 6.29 Å². The molecular formula is C15H10N2O3. The van der Waals surface area contributed by atoms with Crippen molar-refractivity contribution in [2.45, 2.75) is 0 Å². The van der Waals surface area contributed by atoms with Gasteiger partial charge in [0.15, 0.2) is 6.29 Å². The zero-order valence-electron chi connectivity index (χ0n) is 10.4. The van der Waals surface area contributed by atoms with Crippen LogP contribution in [0.4, 0.5) is 0 Å². The number of fused-ring (bicyclic) bond motifs is 1. The number of H-pyrrole nitrogens is 1. The van der Waals surface area contributed by atoms with Crippen molar-refractivity contribution in [1.82, 2.24) is 9.97 Å². The number of carbonyl (C=O) groups is 2. The number of nitrogens with zero attached hydrogens (tertiary/aromatic N) is 1. The highest BCUT2D eigenvalue weighted by atomic mass is 16.5. The Labute approximate surface area is 114 Å². The van der Waals surface area contributed by atoms with Gasteiger partial charge in [-0.2, -0.15) is 4.98 Å². The number of esters is 1. The first-order valence-electron chi connectivity index (χ1n) is 5.98. The third kappa shape index (κ3) is 2.16. The summed E-state index contributed by atoms with van der Waals surface area (Å²) in [5, 5.41) is 0.694. The molecule has 0 fully saturated rings. The van der Waals surface area contributed by atoms with Gasteiger partial charge in [0.05, 0.1) is 5.56 Å². The molecule has 1 N–H and O–H groups in total. The molecule has 0 bridgehead atoms. The molecule has 2 aromatic heterocycles. The summed E-state index contributed by atoms with van der Waals surface area (Å²) in [6.07, 6.45) is 2.31. The summed E-state index contributed by atoms with van der Waals surface area (Å²) in [4.78, 5) is 29.7. The van der Waals surface area contributed by atoms with Crippen LogP contribution in [0.1, 0.15) is 20.7 Å². The summed E-state index contributed by atoms with van der Waals surface area (Å²) in [6.45, 7) is 0. The molecule has 5 heteroatoms. The average molecular weight is 266 g/mol. The predicted octanol–water partition coefficient (Wildman–Crippen LogP) is 2.59. The van der Waals surface area contributed by atoms with Gasteiger partial charge in [0.25, 0.3) is 0 Å². The molecule has 0 aliphatic heterocycles. The number of aromatic nitrogens is 2. The zero-order valence-corrected chi connectivity index (χ0v) is 10.4. The second-order valence-electron chi connectivity index (χ2n) is 4.16.